The molecule has 0 bridgehead atoms. The molecule has 1 fully saturated rings. The lowest BCUT2D eigenvalue weighted by molar-refractivity contribution is -0.123. The number of carbonyl (C=O) groups is 1. The summed E-state index contributed by atoms with van der Waals surface area (Å²) < 4.78 is 24.4. The molecule has 1 atom stereocenters. The van der Waals surface area contributed by atoms with Crippen molar-refractivity contribution >= 4 is 5.91 Å². The Morgan fingerprint density at radius 3 is 2.73 bits per heavy atom. The van der Waals surface area contributed by atoms with Gasteiger partial charge in [-0.3, -0.25) is 4.79 Å². The average molecular weight is 359 g/mol. The molecule has 1 aliphatic rings. The second-order valence-corrected chi connectivity index (χ2v) is 6.45. The van der Waals surface area contributed by atoms with Crippen LogP contribution in [-0.4, -0.2) is 54.9 Å². The molecule has 0 aromatic heterocycles. The van der Waals surface area contributed by atoms with E-state index in [1.165, 1.54) is 12.1 Å². The van der Waals surface area contributed by atoms with Crippen LogP contribution in [0.1, 0.15) is 15.9 Å². The normalized spacial score (nSPS) is 20.0. The zero-order valence-corrected chi connectivity index (χ0v) is 14.7. The maximum Gasteiger partial charge on any atom is 0.254 e. The topological polar surface area (TPSA) is 59.0 Å². The van der Waals surface area contributed by atoms with E-state index in [1.807, 2.05) is 0 Å². The third-order valence-electron chi connectivity index (χ3n) is 4.58. The molecule has 1 aliphatic heterocycles. The first-order valence-corrected chi connectivity index (χ1v) is 8.48. The summed E-state index contributed by atoms with van der Waals surface area (Å²) in [6, 6.07) is 13.1. The molecule has 1 amide bonds. The summed E-state index contributed by atoms with van der Waals surface area (Å²) in [5, 5.41) is 9.94. The molecule has 3 rings (SSSR count). The van der Waals surface area contributed by atoms with E-state index in [4.69, 9.17) is 9.47 Å². The largest absolute Gasteiger partial charge is 0.497 e. The first-order chi connectivity index (χ1) is 12.5. The van der Waals surface area contributed by atoms with Gasteiger partial charge in [-0.05, 0) is 42.0 Å². The molecule has 0 aliphatic carbocycles. The number of aliphatic hydroxyl groups is 1. The standard InChI is InChI=1S/C20H22FNO4/c1-25-18-7-5-16(6-8-18)19(24)22-9-10-26-20(13-22,14-23)12-15-3-2-4-17(21)11-15/h2-8,11,23H,9-10,12-14H2,1H3/t20-/m1/s1. The summed E-state index contributed by atoms with van der Waals surface area (Å²) in [6.45, 7) is 0.744. The molecule has 2 aromatic carbocycles. The van der Waals surface area contributed by atoms with E-state index >= 15 is 0 Å². The number of hydrogen-bond donors (Lipinski definition) is 1. The van der Waals surface area contributed by atoms with Crippen LogP contribution >= 0.6 is 0 Å². The maximum absolute atomic E-state index is 13.5. The molecule has 1 heterocycles. The van der Waals surface area contributed by atoms with E-state index in [9.17, 15) is 14.3 Å². The van der Waals surface area contributed by atoms with Crippen LogP contribution in [0.3, 0.4) is 0 Å². The van der Waals surface area contributed by atoms with E-state index < -0.39 is 5.60 Å². The fraction of sp³-hybridized carbons (Fsp3) is 0.350. The number of benzene rings is 2. The monoisotopic (exact) mass is 359 g/mol. The second-order valence-electron chi connectivity index (χ2n) is 6.45. The van der Waals surface area contributed by atoms with E-state index in [1.54, 1.807) is 48.4 Å². The van der Waals surface area contributed by atoms with Gasteiger partial charge in [-0.2, -0.15) is 0 Å². The minimum absolute atomic E-state index is 0.131. The molecular formula is C20H22FNO4. The average Bonchev–Trinajstić information content (AvgIpc) is 2.67. The highest BCUT2D eigenvalue weighted by Gasteiger charge is 2.38. The summed E-state index contributed by atoms with van der Waals surface area (Å²) in [4.78, 5) is 14.5. The molecule has 0 unspecified atom stereocenters. The third-order valence-corrected chi connectivity index (χ3v) is 4.58. The highest BCUT2D eigenvalue weighted by molar-refractivity contribution is 5.94. The number of carbonyl (C=O) groups excluding carboxylic acids is 1. The van der Waals surface area contributed by atoms with Gasteiger partial charge < -0.3 is 19.5 Å². The Morgan fingerprint density at radius 1 is 1.31 bits per heavy atom. The van der Waals surface area contributed by atoms with Crippen molar-refractivity contribution in [1.82, 2.24) is 4.90 Å². The van der Waals surface area contributed by atoms with Crippen molar-refractivity contribution in [2.75, 3.05) is 33.4 Å². The van der Waals surface area contributed by atoms with Crippen LogP contribution in [0.4, 0.5) is 4.39 Å². The molecular weight excluding hydrogens is 337 g/mol. The van der Waals surface area contributed by atoms with Crippen LogP contribution in [0.2, 0.25) is 0 Å². The highest BCUT2D eigenvalue weighted by Crippen LogP contribution is 2.25. The number of morpholine rings is 1. The summed E-state index contributed by atoms with van der Waals surface area (Å²) in [5.74, 6) is 0.213. The van der Waals surface area contributed by atoms with Gasteiger partial charge in [0, 0.05) is 18.5 Å². The molecule has 26 heavy (non-hydrogen) atoms. The van der Waals surface area contributed by atoms with Gasteiger partial charge in [0.25, 0.3) is 5.91 Å². The van der Waals surface area contributed by atoms with Crippen LogP contribution < -0.4 is 4.74 Å². The van der Waals surface area contributed by atoms with Gasteiger partial charge in [0.05, 0.1) is 26.9 Å². The minimum atomic E-state index is -0.936. The predicted octanol–water partition coefficient (Wildman–Crippen LogP) is 2.28. The van der Waals surface area contributed by atoms with Gasteiger partial charge in [-0.1, -0.05) is 12.1 Å². The van der Waals surface area contributed by atoms with Crippen LogP contribution in [0.25, 0.3) is 0 Å². The fourth-order valence-corrected chi connectivity index (χ4v) is 3.21. The Kier molecular flexibility index (Phi) is 5.54. The maximum atomic E-state index is 13.5. The molecule has 6 heteroatoms. The lowest BCUT2D eigenvalue weighted by atomic mass is 9.92. The van der Waals surface area contributed by atoms with Crippen LogP contribution in [0.5, 0.6) is 5.75 Å². The number of methoxy groups -OCH3 is 1. The van der Waals surface area contributed by atoms with Gasteiger partial charge >= 0.3 is 0 Å². The Morgan fingerprint density at radius 2 is 2.08 bits per heavy atom. The Hall–Kier alpha value is -2.44. The zero-order valence-electron chi connectivity index (χ0n) is 14.7. The summed E-state index contributed by atoms with van der Waals surface area (Å²) >= 11 is 0. The Bertz CT molecular complexity index is 765. The van der Waals surface area contributed by atoms with Crippen LogP contribution in [0.15, 0.2) is 48.5 Å². The molecule has 5 nitrogen and oxygen atoms in total. The molecule has 138 valence electrons. The van der Waals surface area contributed by atoms with E-state index in [2.05, 4.69) is 0 Å². The predicted molar refractivity (Wildman–Crippen MR) is 94.8 cm³/mol. The minimum Gasteiger partial charge on any atom is -0.497 e. The molecule has 1 N–H and O–H groups in total. The smallest absolute Gasteiger partial charge is 0.254 e. The first kappa shape index (κ1) is 18.4. The van der Waals surface area contributed by atoms with Gasteiger partial charge in [-0.15, -0.1) is 0 Å². The van der Waals surface area contributed by atoms with Crippen LogP contribution in [-0.2, 0) is 11.2 Å². The SMILES string of the molecule is COc1ccc(C(=O)N2CCO[C@](CO)(Cc3cccc(F)c3)C2)cc1. The van der Waals surface area contributed by atoms with Gasteiger partial charge in [-0.25, -0.2) is 4.39 Å². The van der Waals surface area contributed by atoms with Crippen molar-refractivity contribution < 1.29 is 23.8 Å². The number of amides is 1. The molecule has 0 saturated carbocycles. The zero-order chi connectivity index (χ0) is 18.6. The Labute approximate surface area is 152 Å². The summed E-state index contributed by atoms with van der Waals surface area (Å²) in [5.41, 5.74) is 0.330. The number of hydrogen-bond acceptors (Lipinski definition) is 4. The van der Waals surface area contributed by atoms with Crippen molar-refractivity contribution in [3.63, 3.8) is 0 Å². The molecule has 2 aromatic rings. The van der Waals surface area contributed by atoms with Crippen molar-refractivity contribution in [3.05, 3.63) is 65.5 Å². The molecule has 0 radical (unpaired) electrons. The number of halogens is 1. The van der Waals surface area contributed by atoms with E-state index in [0.717, 1.165) is 5.56 Å². The van der Waals surface area contributed by atoms with Crippen molar-refractivity contribution in [2.45, 2.75) is 12.0 Å². The quantitative estimate of drug-likeness (QED) is 0.890. The summed E-state index contributed by atoms with van der Waals surface area (Å²) in [6.07, 6.45) is 0.327. The van der Waals surface area contributed by atoms with Crippen molar-refractivity contribution in [3.8, 4) is 5.75 Å². The van der Waals surface area contributed by atoms with E-state index in [-0.39, 0.29) is 24.9 Å². The first-order valence-electron chi connectivity index (χ1n) is 8.48. The molecule has 0 spiro atoms. The number of aliphatic hydroxyl groups excluding tert-OH is 1. The lowest BCUT2D eigenvalue weighted by Crippen LogP contribution is -2.56. The fourth-order valence-electron chi connectivity index (χ4n) is 3.21. The van der Waals surface area contributed by atoms with Gasteiger partial charge in [0.15, 0.2) is 0 Å². The second kappa shape index (κ2) is 7.85. The lowest BCUT2D eigenvalue weighted by Gasteiger charge is -2.42. The third kappa shape index (κ3) is 4.03. The van der Waals surface area contributed by atoms with Gasteiger partial charge in [0.1, 0.15) is 17.2 Å². The van der Waals surface area contributed by atoms with E-state index in [0.29, 0.717) is 30.9 Å². The number of rotatable bonds is 5. The Balaban J connectivity index is 1.76. The number of nitrogens with zero attached hydrogens (tertiary/aromatic N) is 1. The van der Waals surface area contributed by atoms with Crippen molar-refractivity contribution in [1.29, 1.82) is 0 Å². The van der Waals surface area contributed by atoms with Gasteiger partial charge in [0.2, 0.25) is 0 Å². The van der Waals surface area contributed by atoms with Crippen molar-refractivity contribution in [2.24, 2.45) is 0 Å². The van der Waals surface area contributed by atoms with Crippen LogP contribution in [0, 0.1) is 5.82 Å². The number of ether oxygens (including phenoxy) is 2. The molecule has 1 saturated heterocycles. The highest BCUT2D eigenvalue weighted by atomic mass is 19.1. The summed E-state index contributed by atoms with van der Waals surface area (Å²) in [7, 11) is 1.57.